The van der Waals surface area contributed by atoms with Gasteiger partial charge in [-0.05, 0) is 17.5 Å². The summed E-state index contributed by atoms with van der Waals surface area (Å²) in [7, 11) is 0. The monoisotopic (exact) mass is 281 g/mol. The maximum absolute atomic E-state index is 5.60. The van der Waals surface area contributed by atoms with Crippen LogP contribution in [0, 0.1) is 0 Å². The molecule has 0 bridgehead atoms. The van der Waals surface area contributed by atoms with Crippen molar-refractivity contribution in [1.82, 2.24) is 25.0 Å². The third kappa shape index (κ3) is 2.51. The number of aromatic nitrogens is 4. The van der Waals surface area contributed by atoms with Crippen molar-refractivity contribution in [2.45, 2.75) is 25.9 Å². The lowest BCUT2D eigenvalue weighted by Crippen LogP contribution is -2.33. The predicted octanol–water partition coefficient (Wildman–Crippen LogP) is 1.37. The average Bonchev–Trinajstić information content (AvgIpc) is 3.08. The molecule has 0 aromatic carbocycles. The Hall–Kier alpha value is -1.38. The lowest BCUT2D eigenvalue weighted by molar-refractivity contribution is 0.0208. The molecule has 7 nitrogen and oxygen atoms in total. The van der Waals surface area contributed by atoms with Crippen LogP contribution in [-0.2, 0) is 4.74 Å². The number of hydrogen-bond acceptors (Lipinski definition) is 8. The van der Waals surface area contributed by atoms with Gasteiger partial charge in [0.2, 0.25) is 5.82 Å². The summed E-state index contributed by atoms with van der Waals surface area (Å²) >= 11 is 1.28. The smallest absolute Gasteiger partial charge is 0.271 e. The minimum atomic E-state index is -0.144. The Kier molecular flexibility index (Phi) is 3.54. The molecule has 19 heavy (non-hydrogen) atoms. The van der Waals surface area contributed by atoms with Crippen LogP contribution in [-0.4, -0.2) is 39.4 Å². The van der Waals surface area contributed by atoms with E-state index in [9.17, 15) is 0 Å². The highest BCUT2D eigenvalue weighted by atomic mass is 32.1. The fraction of sp³-hybridized carbons (Fsp3) is 0.636. The van der Waals surface area contributed by atoms with Crippen LogP contribution >= 0.6 is 11.5 Å². The Bertz CT molecular complexity index is 547. The Morgan fingerprint density at radius 3 is 3.05 bits per heavy atom. The minimum absolute atomic E-state index is 0.144. The van der Waals surface area contributed by atoms with E-state index in [0.29, 0.717) is 24.9 Å². The summed E-state index contributed by atoms with van der Waals surface area (Å²) in [4.78, 5) is 5.25. The van der Waals surface area contributed by atoms with Crippen LogP contribution in [0.25, 0.3) is 10.8 Å². The molecule has 1 atom stereocenters. The van der Waals surface area contributed by atoms with Crippen molar-refractivity contribution in [2.24, 2.45) is 0 Å². The second-order valence-corrected chi connectivity index (χ2v) is 5.42. The number of nitrogens with one attached hydrogen (secondary N) is 1. The lowest BCUT2D eigenvalue weighted by atomic mass is 10.1. The van der Waals surface area contributed by atoms with Crippen molar-refractivity contribution in [1.29, 1.82) is 0 Å². The molecule has 2 aromatic rings. The van der Waals surface area contributed by atoms with E-state index >= 15 is 0 Å². The molecule has 0 saturated carbocycles. The van der Waals surface area contributed by atoms with Crippen molar-refractivity contribution >= 4 is 11.5 Å². The largest absolute Gasteiger partial charge is 0.367 e. The van der Waals surface area contributed by atoms with Gasteiger partial charge in [0, 0.05) is 13.1 Å². The molecule has 3 rings (SSSR count). The molecule has 102 valence electrons. The number of rotatable bonds is 3. The first-order valence-electron chi connectivity index (χ1n) is 6.24. The highest BCUT2D eigenvalue weighted by molar-refractivity contribution is 7.09. The third-order valence-electron chi connectivity index (χ3n) is 2.91. The van der Waals surface area contributed by atoms with E-state index < -0.39 is 0 Å². The van der Waals surface area contributed by atoms with Crippen LogP contribution in [0.2, 0.25) is 0 Å². The van der Waals surface area contributed by atoms with E-state index in [0.717, 1.165) is 17.1 Å². The quantitative estimate of drug-likeness (QED) is 0.909. The zero-order valence-corrected chi connectivity index (χ0v) is 11.6. The van der Waals surface area contributed by atoms with Gasteiger partial charge in [-0.25, -0.2) is 0 Å². The summed E-state index contributed by atoms with van der Waals surface area (Å²) in [5.74, 6) is 1.32. The van der Waals surface area contributed by atoms with Gasteiger partial charge < -0.3 is 14.6 Å². The highest BCUT2D eigenvalue weighted by Gasteiger charge is 2.24. The number of morpholine rings is 1. The van der Waals surface area contributed by atoms with Crippen LogP contribution < -0.4 is 5.32 Å². The molecule has 3 heterocycles. The van der Waals surface area contributed by atoms with E-state index in [4.69, 9.17) is 9.26 Å². The Morgan fingerprint density at radius 2 is 2.32 bits per heavy atom. The molecule has 1 aliphatic rings. The third-order valence-corrected chi connectivity index (χ3v) is 3.64. The van der Waals surface area contributed by atoms with Crippen molar-refractivity contribution in [3.63, 3.8) is 0 Å². The van der Waals surface area contributed by atoms with Gasteiger partial charge in [-0.3, -0.25) is 0 Å². The first kappa shape index (κ1) is 12.6. The van der Waals surface area contributed by atoms with Gasteiger partial charge in [0.1, 0.15) is 11.0 Å². The van der Waals surface area contributed by atoms with Crippen molar-refractivity contribution in [2.75, 3.05) is 19.7 Å². The summed E-state index contributed by atoms with van der Waals surface area (Å²) in [6, 6.07) is 0. The lowest BCUT2D eigenvalue weighted by Gasteiger charge is -2.20. The molecule has 8 heteroatoms. The number of ether oxygens (including phenoxy) is 1. The topological polar surface area (TPSA) is 86.0 Å². The van der Waals surface area contributed by atoms with Gasteiger partial charge in [0.25, 0.3) is 5.89 Å². The Morgan fingerprint density at radius 1 is 1.42 bits per heavy atom. The molecule has 0 spiro atoms. The second kappa shape index (κ2) is 5.32. The van der Waals surface area contributed by atoms with Crippen LogP contribution in [0.5, 0.6) is 0 Å². The number of nitrogens with zero attached hydrogens (tertiary/aromatic N) is 4. The average molecular weight is 281 g/mol. The molecule has 1 N–H and O–H groups in total. The molecule has 1 aliphatic heterocycles. The molecule has 2 aromatic heterocycles. The maximum Gasteiger partial charge on any atom is 0.271 e. The molecule has 1 unspecified atom stereocenters. The van der Waals surface area contributed by atoms with E-state index in [-0.39, 0.29) is 12.0 Å². The first-order valence-corrected chi connectivity index (χ1v) is 7.01. The zero-order chi connectivity index (χ0) is 13.2. The van der Waals surface area contributed by atoms with Gasteiger partial charge in [0.15, 0.2) is 0 Å². The van der Waals surface area contributed by atoms with Gasteiger partial charge >= 0.3 is 0 Å². The molecule has 1 fully saturated rings. The van der Waals surface area contributed by atoms with Gasteiger partial charge in [-0.2, -0.15) is 4.98 Å². The summed E-state index contributed by atoms with van der Waals surface area (Å²) in [5, 5.41) is 11.3. The molecular formula is C11H15N5O2S. The summed E-state index contributed by atoms with van der Waals surface area (Å²) in [6.07, 6.45) is -0.144. The van der Waals surface area contributed by atoms with Crippen molar-refractivity contribution in [3.05, 3.63) is 11.5 Å². The number of hydrogen-bond donors (Lipinski definition) is 1. The minimum Gasteiger partial charge on any atom is -0.367 e. The predicted molar refractivity (Wildman–Crippen MR) is 68.9 cm³/mol. The van der Waals surface area contributed by atoms with E-state index in [2.05, 4.69) is 38.9 Å². The van der Waals surface area contributed by atoms with Crippen molar-refractivity contribution in [3.8, 4) is 10.8 Å². The normalized spacial score (nSPS) is 20.1. The summed E-state index contributed by atoms with van der Waals surface area (Å²) in [6.45, 7) is 6.35. The molecule has 0 aliphatic carbocycles. The van der Waals surface area contributed by atoms with Crippen LogP contribution in [0.3, 0.4) is 0 Å². The fourth-order valence-corrected chi connectivity index (χ4v) is 2.65. The molecular weight excluding hydrogens is 266 g/mol. The molecule has 0 amide bonds. The van der Waals surface area contributed by atoms with Crippen molar-refractivity contribution < 1.29 is 9.26 Å². The van der Waals surface area contributed by atoms with E-state index in [1.165, 1.54) is 11.5 Å². The first-order chi connectivity index (χ1) is 9.25. The molecule has 1 saturated heterocycles. The van der Waals surface area contributed by atoms with Crippen LogP contribution in [0.1, 0.15) is 37.4 Å². The second-order valence-electron chi connectivity index (χ2n) is 4.66. The zero-order valence-electron chi connectivity index (χ0n) is 10.8. The van der Waals surface area contributed by atoms with Gasteiger partial charge in [-0.15, -0.1) is 5.10 Å². The molecule has 0 radical (unpaired) electrons. The van der Waals surface area contributed by atoms with E-state index in [1.54, 1.807) is 0 Å². The SMILES string of the molecule is CC(C)c1nnsc1-c1nc(C2CNCCO2)no1. The summed E-state index contributed by atoms with van der Waals surface area (Å²) in [5.41, 5.74) is 0.892. The summed E-state index contributed by atoms with van der Waals surface area (Å²) < 4.78 is 14.9. The Labute approximate surface area is 114 Å². The van der Waals surface area contributed by atoms with Gasteiger partial charge in [0.05, 0.1) is 12.3 Å². The maximum atomic E-state index is 5.60. The van der Waals surface area contributed by atoms with Crippen LogP contribution in [0.15, 0.2) is 4.52 Å². The van der Waals surface area contributed by atoms with Crippen LogP contribution in [0.4, 0.5) is 0 Å². The Balaban J connectivity index is 1.86. The van der Waals surface area contributed by atoms with Gasteiger partial charge in [-0.1, -0.05) is 23.5 Å². The standard InChI is InChI=1S/C11H15N5O2S/c1-6(2)8-9(19-16-14-8)11-13-10(15-18-11)7-5-12-3-4-17-7/h6-7,12H,3-5H2,1-2H3. The fourth-order valence-electron chi connectivity index (χ4n) is 1.91. The van der Waals surface area contributed by atoms with E-state index in [1.807, 2.05) is 0 Å². The highest BCUT2D eigenvalue weighted by Crippen LogP contribution is 2.30.